The predicted molar refractivity (Wildman–Crippen MR) is 78.6 cm³/mol. The minimum absolute atomic E-state index is 0.294. The highest BCUT2D eigenvalue weighted by atomic mass is 16.6. The van der Waals surface area contributed by atoms with Crippen molar-refractivity contribution in [1.29, 1.82) is 0 Å². The van der Waals surface area contributed by atoms with Crippen molar-refractivity contribution in [2.75, 3.05) is 13.1 Å². The Kier molecular flexibility index (Phi) is 4.62. The van der Waals surface area contributed by atoms with Gasteiger partial charge in [0.25, 0.3) is 0 Å². The van der Waals surface area contributed by atoms with Crippen molar-refractivity contribution in [3.8, 4) is 0 Å². The molecular weight excluding hydrogens is 254 g/mol. The molecule has 1 saturated carbocycles. The number of ether oxygens (including phenoxy) is 1. The van der Waals surface area contributed by atoms with Crippen LogP contribution >= 0.6 is 0 Å². The lowest BCUT2D eigenvalue weighted by molar-refractivity contribution is 0.00341. The normalized spacial score (nSPS) is 28.7. The second-order valence-corrected chi connectivity index (χ2v) is 7.58. The molecule has 0 aromatic heterocycles. The molecule has 1 unspecified atom stereocenters. The van der Waals surface area contributed by atoms with Crippen LogP contribution in [0.3, 0.4) is 0 Å². The first-order valence-electron chi connectivity index (χ1n) is 7.98. The average molecular weight is 283 g/mol. The maximum Gasteiger partial charge on any atom is 0.410 e. The molecule has 1 saturated heterocycles. The van der Waals surface area contributed by atoms with Gasteiger partial charge >= 0.3 is 6.09 Å². The van der Waals surface area contributed by atoms with Crippen molar-refractivity contribution in [3.05, 3.63) is 0 Å². The van der Waals surface area contributed by atoms with E-state index in [1.54, 1.807) is 4.90 Å². The topological polar surface area (TPSA) is 49.8 Å². The quantitative estimate of drug-likeness (QED) is 0.845. The molecule has 0 aromatic rings. The molecule has 116 valence electrons. The third kappa shape index (κ3) is 4.37. The van der Waals surface area contributed by atoms with Gasteiger partial charge < -0.3 is 14.7 Å². The predicted octanol–water partition coefficient (Wildman–Crippen LogP) is 3.33. The van der Waals surface area contributed by atoms with Gasteiger partial charge in [-0.3, -0.25) is 0 Å². The number of carbonyl (C=O) groups is 1. The van der Waals surface area contributed by atoms with Crippen LogP contribution < -0.4 is 0 Å². The molecule has 4 heteroatoms. The molecule has 4 nitrogen and oxygen atoms in total. The maximum atomic E-state index is 12.0. The zero-order valence-corrected chi connectivity index (χ0v) is 13.2. The summed E-state index contributed by atoms with van der Waals surface area (Å²) < 4.78 is 5.38. The van der Waals surface area contributed by atoms with Crippen molar-refractivity contribution < 1.29 is 14.6 Å². The largest absolute Gasteiger partial charge is 0.444 e. The summed E-state index contributed by atoms with van der Waals surface area (Å²) in [6.45, 7) is 6.65. The van der Waals surface area contributed by atoms with Crippen molar-refractivity contribution in [1.82, 2.24) is 4.90 Å². The van der Waals surface area contributed by atoms with Crippen molar-refractivity contribution in [2.24, 2.45) is 5.92 Å². The second kappa shape index (κ2) is 5.92. The lowest BCUT2D eigenvalue weighted by Gasteiger charge is -2.31. The second-order valence-electron chi connectivity index (χ2n) is 7.58. The first kappa shape index (κ1) is 15.6. The van der Waals surface area contributed by atoms with E-state index in [1.165, 1.54) is 32.1 Å². The van der Waals surface area contributed by atoms with Crippen LogP contribution in [0.25, 0.3) is 0 Å². The summed E-state index contributed by atoms with van der Waals surface area (Å²) >= 11 is 0. The van der Waals surface area contributed by atoms with Gasteiger partial charge in [-0.1, -0.05) is 32.1 Å². The fraction of sp³-hybridized carbons (Fsp3) is 0.938. The molecule has 1 N–H and O–H groups in total. The number of carbonyl (C=O) groups excluding carboxylic acids is 1. The molecule has 1 heterocycles. The molecule has 1 aliphatic heterocycles. The van der Waals surface area contributed by atoms with E-state index < -0.39 is 11.2 Å². The molecule has 20 heavy (non-hydrogen) atoms. The Labute approximate surface area is 122 Å². The van der Waals surface area contributed by atoms with E-state index in [9.17, 15) is 9.90 Å². The summed E-state index contributed by atoms with van der Waals surface area (Å²) in [5, 5.41) is 10.7. The standard InChI is InChI=1S/C16H29NO3/c1-15(2,3)20-14(18)17-10-9-16(19,12-17)11-13-7-5-4-6-8-13/h13,19H,4-12H2,1-3H3. The van der Waals surface area contributed by atoms with E-state index >= 15 is 0 Å². The molecule has 0 aromatic carbocycles. The number of amides is 1. The number of β-amino-alcohol motifs (C(OH)–C–C–N with tert-alkyl or cyclic N) is 1. The van der Waals surface area contributed by atoms with Crippen LogP contribution in [0.15, 0.2) is 0 Å². The molecule has 0 spiro atoms. The van der Waals surface area contributed by atoms with Crippen LogP contribution in [0.1, 0.15) is 65.7 Å². The van der Waals surface area contributed by atoms with Crippen molar-refractivity contribution in [2.45, 2.75) is 76.9 Å². The Morgan fingerprint density at radius 3 is 2.55 bits per heavy atom. The summed E-state index contributed by atoms with van der Waals surface area (Å²) in [6.07, 6.45) is 7.60. The van der Waals surface area contributed by atoms with E-state index in [4.69, 9.17) is 4.74 Å². The molecule has 1 amide bonds. The number of aliphatic hydroxyl groups is 1. The van der Waals surface area contributed by atoms with E-state index in [2.05, 4.69) is 0 Å². The van der Waals surface area contributed by atoms with Crippen LogP contribution in [-0.4, -0.2) is 40.4 Å². The fourth-order valence-electron chi connectivity index (χ4n) is 3.43. The Bertz CT molecular complexity index is 344. The Balaban J connectivity index is 1.85. The summed E-state index contributed by atoms with van der Waals surface area (Å²) in [5.41, 5.74) is -1.17. The first-order chi connectivity index (χ1) is 9.27. The van der Waals surface area contributed by atoms with E-state index in [1.807, 2.05) is 20.8 Å². The number of likely N-dealkylation sites (tertiary alicyclic amines) is 1. The van der Waals surface area contributed by atoms with Gasteiger partial charge in [-0.2, -0.15) is 0 Å². The Morgan fingerprint density at radius 2 is 1.95 bits per heavy atom. The van der Waals surface area contributed by atoms with Crippen molar-refractivity contribution in [3.63, 3.8) is 0 Å². The monoisotopic (exact) mass is 283 g/mol. The van der Waals surface area contributed by atoms with Crippen LogP contribution in [0.4, 0.5) is 4.79 Å². The van der Waals surface area contributed by atoms with Crippen LogP contribution in [0.2, 0.25) is 0 Å². The Morgan fingerprint density at radius 1 is 1.30 bits per heavy atom. The van der Waals surface area contributed by atoms with Gasteiger partial charge in [0.2, 0.25) is 0 Å². The summed E-state index contributed by atoms with van der Waals surface area (Å²) in [6, 6.07) is 0. The highest BCUT2D eigenvalue weighted by Crippen LogP contribution is 2.35. The molecular formula is C16H29NO3. The lowest BCUT2D eigenvalue weighted by atomic mass is 9.80. The summed E-state index contributed by atoms with van der Waals surface area (Å²) in [7, 11) is 0. The molecule has 0 radical (unpaired) electrons. The van der Waals surface area contributed by atoms with Gasteiger partial charge in [0.1, 0.15) is 5.60 Å². The van der Waals surface area contributed by atoms with Gasteiger partial charge in [0.05, 0.1) is 12.1 Å². The van der Waals surface area contributed by atoms with Gasteiger partial charge in [-0.05, 0) is 39.5 Å². The highest BCUT2D eigenvalue weighted by Gasteiger charge is 2.41. The van der Waals surface area contributed by atoms with Crippen LogP contribution in [0.5, 0.6) is 0 Å². The van der Waals surface area contributed by atoms with Gasteiger partial charge in [0, 0.05) is 6.54 Å². The summed E-state index contributed by atoms with van der Waals surface area (Å²) in [4.78, 5) is 13.7. The molecule has 2 rings (SSSR count). The Hall–Kier alpha value is -0.770. The van der Waals surface area contributed by atoms with Gasteiger partial charge in [-0.15, -0.1) is 0 Å². The van der Waals surface area contributed by atoms with Gasteiger partial charge in [-0.25, -0.2) is 4.79 Å². The highest BCUT2D eigenvalue weighted by molar-refractivity contribution is 5.68. The van der Waals surface area contributed by atoms with E-state index in [0.29, 0.717) is 25.4 Å². The molecule has 1 aliphatic carbocycles. The van der Waals surface area contributed by atoms with Gasteiger partial charge in [0.15, 0.2) is 0 Å². The van der Waals surface area contributed by atoms with Crippen LogP contribution in [-0.2, 0) is 4.74 Å². The fourth-order valence-corrected chi connectivity index (χ4v) is 3.43. The van der Waals surface area contributed by atoms with Crippen molar-refractivity contribution >= 4 is 6.09 Å². The number of hydrogen-bond donors (Lipinski definition) is 1. The zero-order valence-electron chi connectivity index (χ0n) is 13.2. The maximum absolute atomic E-state index is 12.0. The van der Waals surface area contributed by atoms with E-state index in [0.717, 1.165) is 6.42 Å². The number of nitrogens with zero attached hydrogens (tertiary/aromatic N) is 1. The molecule has 2 fully saturated rings. The number of hydrogen-bond acceptors (Lipinski definition) is 3. The molecule has 0 bridgehead atoms. The minimum atomic E-state index is -0.696. The third-order valence-electron chi connectivity index (χ3n) is 4.38. The SMILES string of the molecule is CC(C)(C)OC(=O)N1CCC(O)(CC2CCCCC2)C1. The first-order valence-corrected chi connectivity index (χ1v) is 7.98. The van der Waals surface area contributed by atoms with Crippen LogP contribution in [0, 0.1) is 5.92 Å². The lowest BCUT2D eigenvalue weighted by Crippen LogP contribution is -2.40. The molecule has 2 aliphatic rings. The number of rotatable bonds is 2. The zero-order chi connectivity index (χ0) is 14.8. The van der Waals surface area contributed by atoms with E-state index in [-0.39, 0.29) is 6.09 Å². The average Bonchev–Trinajstić information content (AvgIpc) is 2.71. The third-order valence-corrected chi connectivity index (χ3v) is 4.38. The smallest absolute Gasteiger partial charge is 0.410 e. The minimum Gasteiger partial charge on any atom is -0.444 e. The molecule has 1 atom stereocenters. The summed E-state index contributed by atoms with van der Waals surface area (Å²) in [5.74, 6) is 0.632.